The molecule has 0 aromatic carbocycles. The normalized spacial score (nSPS) is 18.2. The van der Waals surface area contributed by atoms with E-state index in [-0.39, 0.29) is 13.1 Å². The molecular weight excluding hydrogens is 473 g/mol. The lowest BCUT2D eigenvalue weighted by Crippen LogP contribution is -2.45. The average Bonchev–Trinajstić information content (AvgIpc) is 3.31. The maximum absolute atomic E-state index is 13.1. The van der Waals surface area contributed by atoms with Gasteiger partial charge in [0.1, 0.15) is 0 Å². The molecule has 4 aromatic heterocycles. The van der Waals surface area contributed by atoms with E-state index in [1.54, 1.807) is 36.1 Å². The number of sulfonamides is 1. The van der Waals surface area contributed by atoms with E-state index in [1.165, 1.54) is 9.13 Å². The Morgan fingerprint density at radius 3 is 2.71 bits per heavy atom. The number of halogens is 3. The van der Waals surface area contributed by atoms with Crippen molar-refractivity contribution < 1.29 is 21.6 Å². The fourth-order valence-electron chi connectivity index (χ4n) is 4.53. The number of rotatable bonds is 4. The zero-order valence-corrected chi connectivity index (χ0v) is 18.9. The highest BCUT2D eigenvalue weighted by molar-refractivity contribution is 7.89. The fraction of sp³-hybridized carbons (Fsp3) is 0.381. The molecule has 1 fully saturated rings. The van der Waals surface area contributed by atoms with Gasteiger partial charge in [-0.1, -0.05) is 6.07 Å². The van der Waals surface area contributed by atoms with Crippen molar-refractivity contribution >= 4 is 26.7 Å². The van der Waals surface area contributed by atoms with Crippen LogP contribution in [0, 0.1) is 0 Å². The summed E-state index contributed by atoms with van der Waals surface area (Å²) in [6.07, 6.45) is -0.598. The Morgan fingerprint density at radius 1 is 1.15 bits per heavy atom. The SMILES string of the molecule is Cn1c(=O)n(C2CCCN(S(=O)(=O)CC(F)(F)F)C2)c2nc(-c3cnn4ccccc34)ccc21. The zero-order valence-electron chi connectivity index (χ0n) is 18.1. The van der Waals surface area contributed by atoms with Crippen LogP contribution in [0.25, 0.3) is 27.9 Å². The predicted molar refractivity (Wildman–Crippen MR) is 119 cm³/mol. The highest BCUT2D eigenvalue weighted by Crippen LogP contribution is 2.30. The Kier molecular flexibility index (Phi) is 5.28. The van der Waals surface area contributed by atoms with Crippen molar-refractivity contribution in [3.8, 4) is 11.3 Å². The monoisotopic (exact) mass is 494 g/mol. The summed E-state index contributed by atoms with van der Waals surface area (Å²) in [6.45, 7) is -0.241. The predicted octanol–water partition coefficient (Wildman–Crippen LogP) is 2.58. The molecule has 34 heavy (non-hydrogen) atoms. The van der Waals surface area contributed by atoms with Gasteiger partial charge in [-0.2, -0.15) is 22.6 Å². The summed E-state index contributed by atoms with van der Waals surface area (Å²) in [5, 5.41) is 4.31. The molecule has 0 saturated carbocycles. The Morgan fingerprint density at radius 2 is 1.94 bits per heavy atom. The van der Waals surface area contributed by atoms with E-state index >= 15 is 0 Å². The third-order valence-electron chi connectivity index (χ3n) is 6.10. The Labute approximate surface area is 192 Å². The first-order chi connectivity index (χ1) is 16.0. The number of imidazole rings is 1. The Balaban J connectivity index is 1.57. The third kappa shape index (κ3) is 3.88. The quantitative estimate of drug-likeness (QED) is 0.435. The van der Waals surface area contributed by atoms with Gasteiger partial charge in [0, 0.05) is 31.9 Å². The second-order valence-corrected chi connectivity index (χ2v) is 10.3. The first-order valence-corrected chi connectivity index (χ1v) is 12.2. The second-order valence-electron chi connectivity index (χ2n) is 8.36. The number of nitrogens with zero attached hydrogens (tertiary/aromatic N) is 6. The van der Waals surface area contributed by atoms with Crippen LogP contribution in [-0.2, 0) is 17.1 Å². The topological polar surface area (TPSA) is 94.5 Å². The van der Waals surface area contributed by atoms with Gasteiger partial charge in [-0.05, 0) is 37.1 Å². The average molecular weight is 494 g/mol. The number of aromatic nitrogens is 5. The molecular formula is C21H21F3N6O3S. The van der Waals surface area contributed by atoms with Gasteiger partial charge in [0.25, 0.3) is 0 Å². The maximum Gasteiger partial charge on any atom is 0.404 e. The van der Waals surface area contributed by atoms with Crippen LogP contribution in [0.1, 0.15) is 18.9 Å². The van der Waals surface area contributed by atoms with Crippen LogP contribution in [-0.4, -0.2) is 61.5 Å². The summed E-state index contributed by atoms with van der Waals surface area (Å²) < 4.78 is 68.5. The number of hydrogen-bond acceptors (Lipinski definition) is 5. The Bertz CT molecular complexity index is 1550. The van der Waals surface area contributed by atoms with Gasteiger partial charge in [0.2, 0.25) is 10.0 Å². The van der Waals surface area contributed by atoms with Crippen LogP contribution < -0.4 is 5.69 Å². The molecule has 1 aliphatic heterocycles. The van der Waals surface area contributed by atoms with Crippen LogP contribution in [0.5, 0.6) is 0 Å². The molecule has 0 aliphatic carbocycles. The molecule has 1 aliphatic rings. The molecule has 0 bridgehead atoms. The Hall–Kier alpha value is -3.19. The van der Waals surface area contributed by atoms with E-state index in [4.69, 9.17) is 4.98 Å². The van der Waals surface area contributed by atoms with Crippen molar-refractivity contribution in [1.82, 2.24) is 28.0 Å². The molecule has 5 heterocycles. The number of alkyl halides is 3. The molecule has 180 valence electrons. The van der Waals surface area contributed by atoms with Gasteiger partial charge in [0.05, 0.1) is 29.0 Å². The van der Waals surface area contributed by atoms with E-state index < -0.39 is 33.7 Å². The largest absolute Gasteiger partial charge is 0.404 e. The van der Waals surface area contributed by atoms with E-state index in [9.17, 15) is 26.4 Å². The zero-order chi connectivity index (χ0) is 24.3. The summed E-state index contributed by atoms with van der Waals surface area (Å²) in [5.74, 6) is -1.92. The van der Waals surface area contributed by atoms with Crippen LogP contribution in [0.15, 0.2) is 47.5 Å². The molecule has 13 heteroatoms. The van der Waals surface area contributed by atoms with Crippen LogP contribution in [0.3, 0.4) is 0 Å². The summed E-state index contributed by atoms with van der Waals surface area (Å²) in [6, 6.07) is 8.49. The number of pyridine rings is 2. The number of fused-ring (bicyclic) bond motifs is 2. The van der Waals surface area contributed by atoms with Gasteiger partial charge in [-0.25, -0.2) is 22.7 Å². The molecule has 5 rings (SSSR count). The lowest BCUT2D eigenvalue weighted by atomic mass is 10.1. The van der Waals surface area contributed by atoms with Crippen LogP contribution in [0.4, 0.5) is 13.2 Å². The molecule has 1 unspecified atom stereocenters. The summed E-state index contributed by atoms with van der Waals surface area (Å²) >= 11 is 0. The van der Waals surface area contributed by atoms with Crippen molar-refractivity contribution in [2.75, 3.05) is 18.8 Å². The number of piperidine rings is 1. The minimum Gasteiger partial charge on any atom is -0.293 e. The first kappa shape index (κ1) is 22.6. The van der Waals surface area contributed by atoms with Crippen LogP contribution >= 0.6 is 0 Å². The van der Waals surface area contributed by atoms with Crippen molar-refractivity contribution in [2.45, 2.75) is 25.1 Å². The van der Waals surface area contributed by atoms with Crippen LogP contribution in [0.2, 0.25) is 0 Å². The molecule has 0 radical (unpaired) electrons. The minimum absolute atomic E-state index is 0.0183. The van der Waals surface area contributed by atoms with Crippen molar-refractivity contribution in [3.05, 3.63) is 53.2 Å². The van der Waals surface area contributed by atoms with E-state index in [0.29, 0.717) is 29.7 Å². The standard InChI is InChI=1S/C21H21F3N6O3S/c1-27-18-8-7-16(15-11-25-29-10-3-2-6-17(15)29)26-19(18)30(20(27)31)14-5-4-9-28(12-14)34(32,33)13-21(22,23)24/h2-3,6-8,10-11,14H,4-5,9,12-13H2,1H3. The van der Waals surface area contributed by atoms with Gasteiger partial charge in [-0.3, -0.25) is 9.13 Å². The minimum atomic E-state index is -4.84. The third-order valence-corrected chi connectivity index (χ3v) is 7.91. The highest BCUT2D eigenvalue weighted by atomic mass is 32.2. The molecule has 0 amide bonds. The molecule has 4 aromatic rings. The van der Waals surface area contributed by atoms with Crippen molar-refractivity contribution in [1.29, 1.82) is 0 Å². The molecule has 0 N–H and O–H groups in total. The smallest absolute Gasteiger partial charge is 0.293 e. The van der Waals surface area contributed by atoms with Gasteiger partial charge < -0.3 is 0 Å². The van der Waals surface area contributed by atoms with Gasteiger partial charge in [-0.15, -0.1) is 0 Å². The summed E-state index contributed by atoms with van der Waals surface area (Å²) in [7, 11) is -2.97. The maximum atomic E-state index is 13.1. The number of aryl methyl sites for hydroxylation is 1. The lowest BCUT2D eigenvalue weighted by molar-refractivity contribution is -0.107. The van der Waals surface area contributed by atoms with E-state index in [2.05, 4.69) is 5.10 Å². The highest BCUT2D eigenvalue weighted by Gasteiger charge is 2.40. The molecule has 9 nitrogen and oxygen atoms in total. The van der Waals surface area contributed by atoms with Crippen molar-refractivity contribution in [2.24, 2.45) is 7.05 Å². The summed E-state index contributed by atoms with van der Waals surface area (Å²) in [4.78, 5) is 17.8. The van der Waals surface area contributed by atoms with E-state index in [0.717, 1.165) is 15.4 Å². The molecule has 1 atom stereocenters. The lowest BCUT2D eigenvalue weighted by Gasteiger charge is -2.32. The van der Waals surface area contributed by atoms with Gasteiger partial charge in [0.15, 0.2) is 11.4 Å². The molecule has 1 saturated heterocycles. The fourth-order valence-corrected chi connectivity index (χ4v) is 5.93. The first-order valence-electron chi connectivity index (χ1n) is 10.6. The number of hydrogen-bond donors (Lipinski definition) is 0. The van der Waals surface area contributed by atoms with Crippen molar-refractivity contribution in [3.63, 3.8) is 0 Å². The summed E-state index contributed by atoms with van der Waals surface area (Å²) in [5.41, 5.74) is 2.63. The van der Waals surface area contributed by atoms with Gasteiger partial charge >= 0.3 is 11.9 Å². The second kappa shape index (κ2) is 7.94. The van der Waals surface area contributed by atoms with E-state index in [1.807, 2.05) is 18.2 Å². The molecule has 0 spiro atoms.